The van der Waals surface area contributed by atoms with Gasteiger partial charge in [-0.15, -0.1) is 0 Å². The van der Waals surface area contributed by atoms with Crippen LogP contribution in [0, 0.1) is 23.6 Å². The molecule has 5 amide bonds. The fraction of sp³-hybridized carbons (Fsp3) is 0.356. The highest BCUT2D eigenvalue weighted by molar-refractivity contribution is 9.10. The number of imide groups is 2. The number of piperidine rings is 2. The van der Waals surface area contributed by atoms with Crippen LogP contribution in [-0.2, 0) is 18.9 Å². The first-order chi connectivity index (χ1) is 31.2. The molecule has 7 heterocycles. The highest BCUT2D eigenvalue weighted by atomic mass is 79.9. The van der Waals surface area contributed by atoms with E-state index < -0.39 is 36.8 Å². The fourth-order valence-electron chi connectivity index (χ4n) is 9.64. The summed E-state index contributed by atoms with van der Waals surface area (Å²) < 4.78 is 29.7. The van der Waals surface area contributed by atoms with Crippen LogP contribution in [0.1, 0.15) is 46.4 Å². The van der Waals surface area contributed by atoms with E-state index in [2.05, 4.69) is 56.7 Å². The van der Waals surface area contributed by atoms with Gasteiger partial charge in [0, 0.05) is 75.7 Å². The molecule has 17 nitrogen and oxygen atoms in total. The third-order valence-corrected chi connectivity index (χ3v) is 15.3. The zero-order valence-corrected chi connectivity index (χ0v) is 37.9. The van der Waals surface area contributed by atoms with Crippen LogP contribution in [-0.4, -0.2) is 118 Å². The van der Waals surface area contributed by atoms with Gasteiger partial charge in [-0.2, -0.15) is 4.98 Å². The topological polar surface area (TPSA) is 203 Å². The third-order valence-electron chi connectivity index (χ3n) is 13.1. The van der Waals surface area contributed by atoms with Crippen LogP contribution >= 0.6 is 23.1 Å². The quantitative estimate of drug-likeness (QED) is 0.121. The zero-order chi connectivity index (χ0) is 45.3. The van der Waals surface area contributed by atoms with E-state index in [-0.39, 0.29) is 47.6 Å². The molecule has 0 saturated carbocycles. The van der Waals surface area contributed by atoms with Gasteiger partial charge in [0.15, 0.2) is 0 Å². The molecule has 3 N–H and O–H groups in total. The van der Waals surface area contributed by atoms with Gasteiger partial charge >= 0.3 is 0 Å². The standard InChI is InChI=1S/C45H44BrFN11O6P/c1-65(2,64)39-34(7-6-33-38(39)49-14-13-48-33)52-40-31(46)19-50-45(54-40)51-27-3-8-35(32(47)17-27)55-15-11-24(12-16-55)25-20-57(21-25)42(61)26-22-56(23-26)28-4-5-29-30(18-28)44(63)58(43(29)62)36-9-10-37(59)53-41(36)60/h3-8,13-14,17-19,24-26,36H,9-12,15-16,20-23H2,1-2H3,(H,53,59,60)(H2,50,51,52,54). The number of likely N-dealkylation sites (tertiary alicyclic amines) is 1. The van der Waals surface area contributed by atoms with Crippen molar-refractivity contribution in [3.8, 4) is 0 Å². The number of rotatable bonds is 10. The van der Waals surface area contributed by atoms with Crippen molar-refractivity contribution in [1.29, 1.82) is 0 Å². The van der Waals surface area contributed by atoms with E-state index in [1.165, 1.54) is 6.07 Å². The lowest BCUT2D eigenvalue weighted by Gasteiger charge is -2.49. The largest absolute Gasteiger partial charge is 0.370 e. The van der Waals surface area contributed by atoms with Crippen molar-refractivity contribution in [2.24, 2.45) is 17.8 Å². The Morgan fingerprint density at radius 2 is 1.60 bits per heavy atom. The second kappa shape index (κ2) is 16.6. The van der Waals surface area contributed by atoms with E-state index in [1.54, 1.807) is 74.4 Å². The molecule has 65 heavy (non-hydrogen) atoms. The molecule has 0 spiro atoms. The molecule has 4 saturated heterocycles. The molecule has 5 aromatic rings. The summed E-state index contributed by atoms with van der Waals surface area (Å²) in [6.45, 7) is 7.16. The van der Waals surface area contributed by atoms with Gasteiger partial charge in [0.05, 0.1) is 43.7 Å². The number of nitrogens with one attached hydrogen (secondary N) is 3. The Hall–Kier alpha value is -6.33. The summed E-state index contributed by atoms with van der Waals surface area (Å²) in [7, 11) is -2.80. The summed E-state index contributed by atoms with van der Waals surface area (Å²) in [5, 5.41) is 9.16. The average molecular weight is 965 g/mol. The molecule has 10 rings (SSSR count). The number of carbonyl (C=O) groups excluding carboxylic acids is 5. The lowest BCUT2D eigenvalue weighted by Crippen LogP contribution is -2.61. The first kappa shape index (κ1) is 42.6. The Kier molecular flexibility index (Phi) is 10.9. The number of hydrogen-bond acceptors (Lipinski definition) is 14. The zero-order valence-electron chi connectivity index (χ0n) is 35.5. The Bertz CT molecular complexity index is 2880. The highest BCUT2D eigenvalue weighted by Crippen LogP contribution is 2.42. The molecule has 4 fully saturated rings. The summed E-state index contributed by atoms with van der Waals surface area (Å²) in [6.07, 6.45) is 6.67. The van der Waals surface area contributed by atoms with Gasteiger partial charge < -0.3 is 29.9 Å². The molecule has 3 aromatic carbocycles. The molecule has 5 aliphatic heterocycles. The maximum absolute atomic E-state index is 15.7. The van der Waals surface area contributed by atoms with Gasteiger partial charge in [-0.05, 0) is 109 Å². The second-order valence-electron chi connectivity index (χ2n) is 17.6. The SMILES string of the molecule is CP(C)(=O)c1c(Nc2nc(Nc3ccc(N4CCC(C5CN(C(=O)C6CN(c7ccc8c(c7)C(=O)N(C7CCC(=O)NC7=O)C8=O)C6)C5)CC4)c(F)c3)ncc2Br)ccc2nccnc12. The van der Waals surface area contributed by atoms with E-state index in [4.69, 9.17) is 0 Å². The Morgan fingerprint density at radius 1 is 0.846 bits per heavy atom. The van der Waals surface area contributed by atoms with Gasteiger partial charge in [-0.1, -0.05) is 0 Å². The van der Waals surface area contributed by atoms with Crippen molar-refractivity contribution in [3.05, 3.63) is 88.5 Å². The Balaban J connectivity index is 0.699. The number of carbonyl (C=O) groups is 5. The molecule has 2 aromatic heterocycles. The van der Waals surface area contributed by atoms with Crippen LogP contribution < -0.4 is 31.1 Å². The molecular formula is C45H44BrFN11O6P. The van der Waals surface area contributed by atoms with Crippen molar-refractivity contribution in [1.82, 2.24) is 35.1 Å². The Morgan fingerprint density at radius 3 is 2.34 bits per heavy atom. The first-order valence-corrected chi connectivity index (χ1v) is 24.9. The van der Waals surface area contributed by atoms with Crippen LogP contribution in [0.15, 0.2) is 71.6 Å². The third kappa shape index (κ3) is 7.98. The average Bonchev–Trinajstić information content (AvgIpc) is 3.48. The van der Waals surface area contributed by atoms with Crippen LogP contribution in [0.25, 0.3) is 11.0 Å². The molecule has 0 aliphatic carbocycles. The number of hydrogen-bond donors (Lipinski definition) is 3. The van der Waals surface area contributed by atoms with Gasteiger partial charge in [0.25, 0.3) is 11.8 Å². The van der Waals surface area contributed by atoms with E-state index in [1.807, 2.05) is 9.80 Å². The van der Waals surface area contributed by atoms with Crippen molar-refractivity contribution in [2.45, 2.75) is 31.7 Å². The summed E-state index contributed by atoms with van der Waals surface area (Å²) >= 11 is 3.51. The van der Waals surface area contributed by atoms with E-state index in [9.17, 15) is 28.5 Å². The maximum atomic E-state index is 15.7. The van der Waals surface area contributed by atoms with Crippen LogP contribution in [0.2, 0.25) is 0 Å². The number of nitrogens with zero attached hydrogens (tertiary/aromatic N) is 8. The Labute approximate surface area is 381 Å². The molecule has 0 bridgehead atoms. The van der Waals surface area contributed by atoms with Gasteiger partial charge in [0.1, 0.15) is 30.3 Å². The number of benzene rings is 3. The number of anilines is 6. The molecule has 334 valence electrons. The minimum absolute atomic E-state index is 0.0533. The van der Waals surface area contributed by atoms with Gasteiger partial charge in [0.2, 0.25) is 23.7 Å². The number of aromatic nitrogens is 4. The molecule has 1 unspecified atom stereocenters. The molecule has 1 atom stereocenters. The van der Waals surface area contributed by atoms with E-state index in [0.29, 0.717) is 94.8 Å². The monoisotopic (exact) mass is 963 g/mol. The van der Waals surface area contributed by atoms with E-state index >= 15 is 4.39 Å². The lowest BCUT2D eigenvalue weighted by atomic mass is 9.79. The fourth-order valence-corrected chi connectivity index (χ4v) is 11.3. The minimum atomic E-state index is -2.80. The highest BCUT2D eigenvalue weighted by Gasteiger charge is 2.46. The lowest BCUT2D eigenvalue weighted by molar-refractivity contribution is -0.144. The van der Waals surface area contributed by atoms with Crippen LogP contribution in [0.5, 0.6) is 0 Å². The van der Waals surface area contributed by atoms with Crippen molar-refractivity contribution in [2.75, 3.05) is 73.0 Å². The number of halogens is 2. The maximum Gasteiger partial charge on any atom is 0.262 e. The summed E-state index contributed by atoms with van der Waals surface area (Å²) in [5.41, 5.74) is 3.94. The van der Waals surface area contributed by atoms with Crippen LogP contribution in [0.3, 0.4) is 0 Å². The second-order valence-corrected chi connectivity index (χ2v) is 21.7. The van der Waals surface area contributed by atoms with Gasteiger partial charge in [-0.25, -0.2) is 9.37 Å². The minimum Gasteiger partial charge on any atom is -0.370 e. The predicted octanol–water partition coefficient (Wildman–Crippen LogP) is 5.27. The molecule has 5 aliphatic rings. The van der Waals surface area contributed by atoms with Crippen molar-refractivity contribution >= 4 is 103 Å². The summed E-state index contributed by atoms with van der Waals surface area (Å²) in [6, 6.07) is 12.6. The number of amides is 5. The molecule has 20 heteroatoms. The summed E-state index contributed by atoms with van der Waals surface area (Å²) in [4.78, 5) is 88.6. The number of fused-ring (bicyclic) bond motifs is 2. The normalized spacial score (nSPS) is 19.6. The molecule has 0 radical (unpaired) electrons. The van der Waals surface area contributed by atoms with Crippen molar-refractivity contribution < 1.29 is 32.9 Å². The van der Waals surface area contributed by atoms with E-state index in [0.717, 1.165) is 23.4 Å². The smallest absolute Gasteiger partial charge is 0.262 e. The summed E-state index contributed by atoms with van der Waals surface area (Å²) in [5.74, 6) is -1.13. The predicted molar refractivity (Wildman–Crippen MR) is 245 cm³/mol. The van der Waals surface area contributed by atoms with Crippen LogP contribution in [0.4, 0.5) is 38.9 Å². The van der Waals surface area contributed by atoms with Crippen molar-refractivity contribution in [3.63, 3.8) is 0 Å². The molecular weight excluding hydrogens is 920 g/mol. The van der Waals surface area contributed by atoms with Gasteiger partial charge in [-0.3, -0.25) is 44.2 Å². The first-order valence-electron chi connectivity index (χ1n) is 21.5.